The van der Waals surface area contributed by atoms with Gasteiger partial charge in [-0.3, -0.25) is 4.29 Å². The number of alkyl halides is 4. The largest absolute Gasteiger partial charge is 0.447 e. The van der Waals surface area contributed by atoms with Crippen LogP contribution in [0.3, 0.4) is 0 Å². The number of amides is 3. The van der Waals surface area contributed by atoms with E-state index in [-0.39, 0.29) is 62.2 Å². The van der Waals surface area contributed by atoms with Crippen LogP contribution in [-0.2, 0) is 18.5 Å². The Bertz CT molecular complexity index is 832. The maximum atomic E-state index is 10.8. The maximum Gasteiger partial charge on any atom is 0.425 e. The molecule has 0 aromatic heterocycles. The minimum absolute atomic E-state index is 0.0266. The number of alkyl carbamates (subject to hydrolysis) is 2. The molecule has 3 rings (SSSR count). The number of hydrogen-bond acceptors (Lipinski definition) is 13. The van der Waals surface area contributed by atoms with Crippen molar-refractivity contribution in [2.24, 2.45) is 5.73 Å². The lowest BCUT2D eigenvalue weighted by Crippen LogP contribution is -2.50. The Kier molecular flexibility index (Phi) is 22.7. The Morgan fingerprint density at radius 1 is 0.778 bits per heavy atom. The van der Waals surface area contributed by atoms with Gasteiger partial charge in [-0.1, -0.05) is 0 Å². The Labute approximate surface area is 291 Å². The third-order valence-corrected chi connectivity index (χ3v) is 8.50. The number of aliphatic hydroxyl groups excluding tert-OH is 5. The van der Waals surface area contributed by atoms with Crippen LogP contribution in [0.15, 0.2) is 0 Å². The van der Waals surface area contributed by atoms with E-state index in [0.717, 1.165) is 4.42 Å². The van der Waals surface area contributed by atoms with Crippen molar-refractivity contribution < 1.29 is 58.4 Å². The Hall–Kier alpha value is -0.730. The standard InChI is InChI=1S/C5H6Cl3NO2.C5H7Cl2NO2.C5H9NO4.C4H9ClO.C4H11NO3/c6-1-5(2-7)3-11-4(10)9(5)8;6-1-5(2-7)3-10-4(9)8-5;7-1-5(2-8)3-10-4(9)6-5;1-4(2,3)6-5;5-4(1-6,2-7)3-8/h1-3H2;1-3H2,(H,8,9);7-8H,1-3H2,(H,6,9);1-3H3;6-8H,1-3,5H2. The van der Waals surface area contributed by atoms with Crippen LogP contribution in [0.25, 0.3) is 0 Å². The van der Waals surface area contributed by atoms with Gasteiger partial charge in [-0.25, -0.2) is 18.8 Å². The zero-order valence-electron chi connectivity index (χ0n) is 24.9. The summed E-state index contributed by atoms with van der Waals surface area (Å²) < 4.78 is 19.1. The van der Waals surface area contributed by atoms with Gasteiger partial charge < -0.3 is 56.1 Å². The smallest absolute Gasteiger partial charge is 0.425 e. The highest BCUT2D eigenvalue weighted by Crippen LogP contribution is 2.29. The summed E-state index contributed by atoms with van der Waals surface area (Å²) in [5.74, 6) is 0.905. The maximum absolute atomic E-state index is 10.8. The Balaban J connectivity index is 0. The molecule has 0 aliphatic carbocycles. The number of aliphatic hydroxyl groups is 5. The molecule has 3 saturated heterocycles. The Morgan fingerprint density at radius 2 is 1.16 bits per heavy atom. The highest BCUT2D eigenvalue weighted by Gasteiger charge is 2.46. The van der Waals surface area contributed by atoms with Gasteiger partial charge in [0.1, 0.15) is 36.4 Å². The lowest BCUT2D eigenvalue weighted by atomic mass is 10.1. The third kappa shape index (κ3) is 16.3. The molecule has 268 valence electrons. The molecule has 0 radical (unpaired) electrons. The molecule has 0 saturated carbocycles. The molecule has 3 aliphatic rings. The van der Waals surface area contributed by atoms with Gasteiger partial charge in [-0.2, -0.15) is 0 Å². The molecule has 3 aliphatic heterocycles. The number of hydrogen-bond donors (Lipinski definition) is 8. The first-order chi connectivity index (χ1) is 20.8. The van der Waals surface area contributed by atoms with Crippen LogP contribution < -0.4 is 16.4 Å². The summed E-state index contributed by atoms with van der Waals surface area (Å²) in [4.78, 5) is 31.7. The van der Waals surface area contributed by atoms with Gasteiger partial charge in [0.15, 0.2) is 0 Å². The molecular formula is C23H42Cl6N4O12. The van der Waals surface area contributed by atoms with Crippen molar-refractivity contribution >= 4 is 88.3 Å². The van der Waals surface area contributed by atoms with Crippen molar-refractivity contribution in [3.63, 3.8) is 0 Å². The predicted octanol–water partition coefficient (Wildman–Crippen LogP) is 0.817. The SMILES string of the molecule is CC(C)(C)OCl.NC(CO)(CO)CO.O=C1NC(CCl)(CCl)CO1.O=C1NC(CO)(CO)CO1.O=C1OCC(CCl)(CCl)N1Cl. The first-order valence-corrected chi connectivity index (χ1v) is 15.5. The fourth-order valence-corrected chi connectivity index (χ4v) is 3.85. The van der Waals surface area contributed by atoms with E-state index in [0.29, 0.717) is 0 Å². The second kappa shape index (κ2) is 22.0. The van der Waals surface area contributed by atoms with Crippen LogP contribution in [0.5, 0.6) is 0 Å². The first-order valence-electron chi connectivity index (χ1n) is 12.7. The summed E-state index contributed by atoms with van der Waals surface area (Å²) >= 11 is 32.8. The number of carbonyl (C=O) groups is 3. The number of ether oxygens (including phenoxy) is 3. The normalized spacial score (nSPS) is 18.9. The topological polar surface area (TPSA) is 243 Å². The van der Waals surface area contributed by atoms with Crippen molar-refractivity contribution in [1.82, 2.24) is 15.1 Å². The van der Waals surface area contributed by atoms with E-state index in [1.165, 1.54) is 0 Å². The average Bonchev–Trinajstić information content (AvgIpc) is 3.72. The fourth-order valence-electron chi connectivity index (χ4n) is 2.26. The van der Waals surface area contributed by atoms with Crippen LogP contribution in [-0.4, -0.2) is 152 Å². The molecule has 0 spiro atoms. The van der Waals surface area contributed by atoms with Crippen LogP contribution in [0.1, 0.15) is 20.8 Å². The molecule has 22 heteroatoms. The molecule has 3 fully saturated rings. The van der Waals surface area contributed by atoms with Crippen LogP contribution in [0.4, 0.5) is 14.4 Å². The molecule has 45 heavy (non-hydrogen) atoms. The molecule has 0 atom stereocenters. The minimum atomic E-state index is -1.21. The lowest BCUT2D eigenvalue weighted by molar-refractivity contribution is 0.0697. The number of nitrogens with one attached hydrogen (secondary N) is 2. The van der Waals surface area contributed by atoms with Crippen LogP contribution in [0.2, 0.25) is 0 Å². The van der Waals surface area contributed by atoms with Gasteiger partial charge in [0.2, 0.25) is 0 Å². The molecular weight excluding hydrogens is 737 g/mol. The summed E-state index contributed by atoms with van der Waals surface area (Å²) in [6, 6.07) is 0. The van der Waals surface area contributed by atoms with E-state index >= 15 is 0 Å². The average molecular weight is 779 g/mol. The van der Waals surface area contributed by atoms with Crippen molar-refractivity contribution in [3.8, 4) is 0 Å². The van der Waals surface area contributed by atoms with Crippen molar-refractivity contribution in [2.45, 2.75) is 48.5 Å². The van der Waals surface area contributed by atoms with Gasteiger partial charge >= 0.3 is 18.3 Å². The molecule has 3 heterocycles. The minimum Gasteiger partial charge on any atom is -0.447 e. The summed E-state index contributed by atoms with van der Waals surface area (Å²) in [6.45, 7) is 4.28. The van der Waals surface area contributed by atoms with E-state index in [9.17, 15) is 14.4 Å². The summed E-state index contributed by atoms with van der Waals surface area (Å²) in [5, 5.41) is 47.2. The fraction of sp³-hybridized carbons (Fsp3) is 0.870. The van der Waals surface area contributed by atoms with Crippen molar-refractivity contribution in [1.29, 1.82) is 0 Å². The van der Waals surface area contributed by atoms with E-state index in [1.54, 1.807) is 0 Å². The monoisotopic (exact) mass is 776 g/mol. The molecule has 3 amide bonds. The highest BCUT2D eigenvalue weighted by molar-refractivity contribution is 6.26. The van der Waals surface area contributed by atoms with E-state index in [1.807, 2.05) is 20.8 Å². The van der Waals surface area contributed by atoms with Gasteiger partial charge in [0.25, 0.3) is 0 Å². The second-order valence-corrected chi connectivity index (χ2v) is 12.5. The zero-order valence-corrected chi connectivity index (χ0v) is 29.4. The number of rotatable bonds is 9. The van der Waals surface area contributed by atoms with Crippen molar-refractivity contribution in [2.75, 3.05) is 76.4 Å². The molecule has 0 aromatic rings. The molecule has 0 bridgehead atoms. The molecule has 0 aromatic carbocycles. The molecule has 9 N–H and O–H groups in total. The zero-order chi connectivity index (χ0) is 35.5. The lowest BCUT2D eigenvalue weighted by Gasteiger charge is -2.24. The second-order valence-electron chi connectivity index (χ2n) is 10.9. The summed E-state index contributed by atoms with van der Waals surface area (Å²) in [6.07, 6.45) is -1.63. The van der Waals surface area contributed by atoms with E-state index in [2.05, 4.69) is 29.1 Å². The van der Waals surface area contributed by atoms with Crippen LogP contribution >= 0.6 is 70.0 Å². The van der Waals surface area contributed by atoms with Gasteiger partial charge in [0, 0.05) is 11.8 Å². The number of nitrogens with zero attached hydrogens (tertiary/aromatic N) is 1. The van der Waals surface area contributed by atoms with Gasteiger partial charge in [-0.05, 0) is 20.8 Å². The van der Waals surface area contributed by atoms with Crippen molar-refractivity contribution in [3.05, 3.63) is 0 Å². The quantitative estimate of drug-likeness (QED) is 0.0920. The Morgan fingerprint density at radius 3 is 1.27 bits per heavy atom. The number of nitrogens with two attached hydrogens (primary N) is 1. The first kappa shape index (κ1) is 46.4. The summed E-state index contributed by atoms with van der Waals surface area (Å²) in [5.41, 5.74) is 1.51. The third-order valence-electron chi connectivity index (χ3n) is 5.53. The van der Waals surface area contributed by atoms with Gasteiger partial charge in [0.05, 0.1) is 79.6 Å². The van der Waals surface area contributed by atoms with E-state index in [4.69, 9.17) is 101 Å². The van der Waals surface area contributed by atoms with Gasteiger partial charge in [-0.15, -0.1) is 46.4 Å². The predicted molar refractivity (Wildman–Crippen MR) is 168 cm³/mol. The highest BCUT2D eigenvalue weighted by atomic mass is 35.5. The van der Waals surface area contributed by atoms with E-state index < -0.39 is 60.3 Å². The number of carbonyl (C=O) groups excluding carboxylic acids is 3. The number of halogens is 6. The van der Waals surface area contributed by atoms with Crippen LogP contribution in [0, 0.1) is 0 Å². The number of cyclic esters (lactones) is 3. The summed E-state index contributed by atoms with van der Waals surface area (Å²) in [7, 11) is 0. The molecule has 16 nitrogen and oxygen atoms in total. The molecule has 0 unspecified atom stereocenters.